The van der Waals surface area contributed by atoms with E-state index in [0.717, 1.165) is 55.5 Å². The first-order valence-electron chi connectivity index (χ1n) is 9.03. The molecule has 136 valence electrons. The van der Waals surface area contributed by atoms with E-state index >= 15 is 0 Å². The summed E-state index contributed by atoms with van der Waals surface area (Å²) in [5.41, 5.74) is 2.21. The van der Waals surface area contributed by atoms with Crippen molar-refractivity contribution in [3.8, 4) is 5.75 Å². The molecule has 1 N–H and O–H groups in total. The molecule has 3 nitrogen and oxygen atoms in total. The molecule has 0 amide bonds. The minimum atomic E-state index is 0.478. The molecule has 0 radical (unpaired) electrons. The molecule has 0 atom stereocenters. The van der Waals surface area contributed by atoms with Crippen molar-refractivity contribution in [2.75, 3.05) is 19.8 Å². The summed E-state index contributed by atoms with van der Waals surface area (Å²) in [7, 11) is 0. The zero-order valence-electron chi connectivity index (χ0n) is 15.0. The van der Waals surface area contributed by atoms with E-state index in [-0.39, 0.29) is 0 Å². The van der Waals surface area contributed by atoms with Crippen molar-refractivity contribution >= 4 is 11.6 Å². The molecule has 0 aromatic heterocycles. The summed E-state index contributed by atoms with van der Waals surface area (Å²) in [6.07, 6.45) is 3.37. The summed E-state index contributed by atoms with van der Waals surface area (Å²) in [5, 5.41) is 4.18. The van der Waals surface area contributed by atoms with Crippen LogP contribution in [0.2, 0.25) is 5.02 Å². The van der Waals surface area contributed by atoms with Crippen LogP contribution in [0.3, 0.4) is 0 Å². The third-order valence-electron chi connectivity index (χ3n) is 3.86. The molecule has 0 fully saturated rings. The lowest BCUT2D eigenvalue weighted by Crippen LogP contribution is -2.16. The first-order chi connectivity index (χ1) is 12.3. The molecule has 0 aliphatic carbocycles. The van der Waals surface area contributed by atoms with Crippen molar-refractivity contribution in [2.24, 2.45) is 0 Å². The topological polar surface area (TPSA) is 30.5 Å². The first kappa shape index (κ1) is 19.8. The zero-order valence-corrected chi connectivity index (χ0v) is 15.7. The van der Waals surface area contributed by atoms with Crippen molar-refractivity contribution in [2.45, 2.75) is 39.3 Å². The molecule has 25 heavy (non-hydrogen) atoms. The molecule has 0 spiro atoms. The SMILES string of the molecule is CCCCOCCCNCc1cccc(OCc2ccccc2Cl)c1. The predicted octanol–water partition coefficient (Wildman–Crippen LogP) is 5.22. The Morgan fingerprint density at radius 2 is 1.84 bits per heavy atom. The molecule has 2 aromatic rings. The Kier molecular flexibility index (Phi) is 9.42. The van der Waals surface area contributed by atoms with Crippen LogP contribution in [0.5, 0.6) is 5.75 Å². The summed E-state index contributed by atoms with van der Waals surface area (Å²) in [6, 6.07) is 15.9. The number of nitrogens with one attached hydrogen (secondary N) is 1. The van der Waals surface area contributed by atoms with Gasteiger partial charge in [0.25, 0.3) is 0 Å². The lowest BCUT2D eigenvalue weighted by Gasteiger charge is -2.10. The standard InChI is InChI=1S/C21H28ClNO2/c1-2-3-13-24-14-7-12-23-16-18-8-6-10-20(15-18)25-17-19-9-4-5-11-21(19)22/h4-6,8-11,15,23H,2-3,7,12-14,16-17H2,1H3. The molecular weight excluding hydrogens is 334 g/mol. The highest BCUT2D eigenvalue weighted by atomic mass is 35.5. The zero-order chi connectivity index (χ0) is 17.7. The van der Waals surface area contributed by atoms with Crippen LogP contribution in [0.4, 0.5) is 0 Å². The summed E-state index contributed by atoms with van der Waals surface area (Å²) in [6.45, 7) is 6.15. The van der Waals surface area contributed by atoms with Gasteiger partial charge in [-0.25, -0.2) is 0 Å². The van der Waals surface area contributed by atoms with Gasteiger partial charge in [0.15, 0.2) is 0 Å². The van der Waals surface area contributed by atoms with E-state index < -0.39 is 0 Å². The maximum Gasteiger partial charge on any atom is 0.120 e. The highest BCUT2D eigenvalue weighted by Crippen LogP contribution is 2.19. The second-order valence-corrected chi connectivity index (χ2v) is 6.43. The van der Waals surface area contributed by atoms with Gasteiger partial charge < -0.3 is 14.8 Å². The molecule has 4 heteroatoms. The van der Waals surface area contributed by atoms with Crippen LogP contribution in [-0.4, -0.2) is 19.8 Å². The van der Waals surface area contributed by atoms with Crippen molar-refractivity contribution in [1.82, 2.24) is 5.32 Å². The molecule has 0 heterocycles. The minimum absolute atomic E-state index is 0.478. The van der Waals surface area contributed by atoms with Gasteiger partial charge in [0.2, 0.25) is 0 Å². The summed E-state index contributed by atoms with van der Waals surface area (Å²) < 4.78 is 11.4. The van der Waals surface area contributed by atoms with E-state index in [0.29, 0.717) is 6.61 Å². The smallest absolute Gasteiger partial charge is 0.120 e. The van der Waals surface area contributed by atoms with Gasteiger partial charge in [0.05, 0.1) is 0 Å². The monoisotopic (exact) mass is 361 g/mol. The van der Waals surface area contributed by atoms with Crippen LogP contribution in [0.25, 0.3) is 0 Å². The molecule has 0 aliphatic rings. The Morgan fingerprint density at radius 1 is 1.00 bits per heavy atom. The van der Waals surface area contributed by atoms with Gasteiger partial charge >= 0.3 is 0 Å². The molecule has 0 bridgehead atoms. The normalized spacial score (nSPS) is 10.8. The molecule has 0 saturated heterocycles. The average molecular weight is 362 g/mol. The van der Waals surface area contributed by atoms with Crippen molar-refractivity contribution in [3.63, 3.8) is 0 Å². The Morgan fingerprint density at radius 3 is 2.68 bits per heavy atom. The quantitative estimate of drug-likeness (QED) is 0.526. The summed E-state index contributed by atoms with van der Waals surface area (Å²) >= 11 is 6.16. The summed E-state index contributed by atoms with van der Waals surface area (Å²) in [4.78, 5) is 0. The van der Waals surface area contributed by atoms with E-state index in [1.54, 1.807) is 0 Å². The van der Waals surface area contributed by atoms with Gasteiger partial charge in [-0.15, -0.1) is 0 Å². The average Bonchev–Trinajstić information content (AvgIpc) is 2.64. The van der Waals surface area contributed by atoms with Crippen molar-refractivity contribution in [1.29, 1.82) is 0 Å². The molecular formula is C21H28ClNO2. The number of unbranched alkanes of at least 4 members (excludes halogenated alkanes) is 1. The number of benzene rings is 2. The number of ether oxygens (including phenoxy) is 2. The minimum Gasteiger partial charge on any atom is -0.489 e. The highest BCUT2D eigenvalue weighted by Gasteiger charge is 2.01. The number of hydrogen-bond acceptors (Lipinski definition) is 3. The third-order valence-corrected chi connectivity index (χ3v) is 4.23. The Bertz CT molecular complexity index is 618. The summed E-state index contributed by atoms with van der Waals surface area (Å²) in [5.74, 6) is 0.863. The molecule has 0 aliphatic heterocycles. The molecule has 0 unspecified atom stereocenters. The number of halogens is 1. The van der Waals surface area contributed by atoms with E-state index in [2.05, 4.69) is 24.4 Å². The fourth-order valence-corrected chi connectivity index (χ4v) is 2.59. The van der Waals surface area contributed by atoms with Gasteiger partial charge in [-0.3, -0.25) is 0 Å². The van der Waals surface area contributed by atoms with E-state index in [1.165, 1.54) is 12.0 Å². The second-order valence-electron chi connectivity index (χ2n) is 6.02. The Hall–Kier alpha value is -1.55. The van der Waals surface area contributed by atoms with Crippen molar-refractivity contribution in [3.05, 3.63) is 64.7 Å². The molecule has 2 rings (SSSR count). The van der Waals surface area contributed by atoms with Gasteiger partial charge in [-0.2, -0.15) is 0 Å². The van der Waals surface area contributed by atoms with Crippen LogP contribution in [0, 0.1) is 0 Å². The maximum absolute atomic E-state index is 6.16. The molecule has 2 aromatic carbocycles. The van der Waals surface area contributed by atoms with Gasteiger partial charge in [0, 0.05) is 30.3 Å². The fraction of sp³-hybridized carbons (Fsp3) is 0.429. The Balaban J connectivity index is 1.67. The predicted molar refractivity (Wildman–Crippen MR) is 104 cm³/mol. The van der Waals surface area contributed by atoms with Gasteiger partial charge in [-0.1, -0.05) is 55.3 Å². The van der Waals surface area contributed by atoms with Crippen LogP contribution in [-0.2, 0) is 17.9 Å². The molecule has 0 saturated carbocycles. The highest BCUT2D eigenvalue weighted by molar-refractivity contribution is 6.31. The second kappa shape index (κ2) is 11.9. The van der Waals surface area contributed by atoms with Crippen molar-refractivity contribution < 1.29 is 9.47 Å². The lowest BCUT2D eigenvalue weighted by molar-refractivity contribution is 0.129. The van der Waals surface area contributed by atoms with Crippen LogP contribution in [0.15, 0.2) is 48.5 Å². The van der Waals surface area contributed by atoms with E-state index in [4.69, 9.17) is 21.1 Å². The lowest BCUT2D eigenvalue weighted by atomic mass is 10.2. The third kappa shape index (κ3) is 7.91. The maximum atomic E-state index is 6.16. The van der Waals surface area contributed by atoms with Crippen LogP contribution >= 0.6 is 11.6 Å². The largest absolute Gasteiger partial charge is 0.489 e. The van der Waals surface area contributed by atoms with E-state index in [1.807, 2.05) is 36.4 Å². The number of hydrogen-bond donors (Lipinski definition) is 1. The van der Waals surface area contributed by atoms with Crippen LogP contribution in [0.1, 0.15) is 37.3 Å². The Labute approximate surface area is 156 Å². The van der Waals surface area contributed by atoms with E-state index in [9.17, 15) is 0 Å². The van der Waals surface area contributed by atoms with Crippen LogP contribution < -0.4 is 10.1 Å². The fourth-order valence-electron chi connectivity index (χ4n) is 2.40. The first-order valence-corrected chi connectivity index (χ1v) is 9.41. The van der Waals surface area contributed by atoms with Gasteiger partial charge in [0.1, 0.15) is 12.4 Å². The van der Waals surface area contributed by atoms with Gasteiger partial charge in [-0.05, 0) is 43.1 Å². The number of rotatable bonds is 12.